The zero-order valence-corrected chi connectivity index (χ0v) is 11.9. The van der Waals surface area contributed by atoms with Gasteiger partial charge >= 0.3 is 0 Å². The molecule has 1 saturated carbocycles. The Hall–Kier alpha value is -1.58. The van der Waals surface area contributed by atoms with Crippen LogP contribution in [0.1, 0.15) is 24.8 Å². The molecule has 0 atom stereocenters. The highest BCUT2D eigenvalue weighted by Crippen LogP contribution is 2.34. The maximum Gasteiger partial charge on any atom is 0.120 e. The minimum Gasteiger partial charge on any atom is -0.508 e. The van der Waals surface area contributed by atoms with Crippen molar-refractivity contribution >= 4 is 10.8 Å². The number of rotatable bonds is 5. The Morgan fingerprint density at radius 1 is 1.20 bits per heavy atom. The van der Waals surface area contributed by atoms with Gasteiger partial charge in [0.15, 0.2) is 0 Å². The predicted molar refractivity (Wildman–Crippen MR) is 80.9 cm³/mol. The molecule has 0 unspecified atom stereocenters. The first-order valence-electron chi connectivity index (χ1n) is 7.20. The van der Waals surface area contributed by atoms with Crippen LogP contribution in [0.2, 0.25) is 0 Å². The topological polar surface area (TPSA) is 41.5 Å². The van der Waals surface area contributed by atoms with Crippen LogP contribution in [0, 0.1) is 0 Å². The lowest BCUT2D eigenvalue weighted by Crippen LogP contribution is -2.47. The van der Waals surface area contributed by atoms with Gasteiger partial charge in [0.25, 0.3) is 0 Å². The van der Waals surface area contributed by atoms with Crippen LogP contribution in [0.3, 0.4) is 0 Å². The summed E-state index contributed by atoms with van der Waals surface area (Å²) in [5.41, 5.74) is 0.980. The molecule has 1 fully saturated rings. The third-order valence-electron chi connectivity index (χ3n) is 4.46. The molecule has 0 heterocycles. The first kappa shape index (κ1) is 13.4. The molecular weight excluding hydrogens is 250 g/mol. The average Bonchev–Trinajstić information content (AvgIpc) is 2.44. The van der Waals surface area contributed by atoms with Crippen LogP contribution in [-0.4, -0.2) is 24.4 Å². The van der Waals surface area contributed by atoms with Crippen molar-refractivity contribution in [3.8, 4) is 5.75 Å². The van der Waals surface area contributed by atoms with Crippen molar-refractivity contribution in [3.05, 3.63) is 42.0 Å². The van der Waals surface area contributed by atoms with E-state index in [0.717, 1.165) is 35.7 Å². The van der Waals surface area contributed by atoms with E-state index in [0.29, 0.717) is 12.3 Å². The Kier molecular flexibility index (Phi) is 3.64. The van der Waals surface area contributed by atoms with Crippen molar-refractivity contribution < 1.29 is 9.84 Å². The number of fused-ring (bicyclic) bond motifs is 1. The molecule has 2 N–H and O–H groups in total. The third kappa shape index (κ3) is 2.39. The summed E-state index contributed by atoms with van der Waals surface area (Å²) in [6, 6.07) is 11.9. The third-order valence-corrected chi connectivity index (χ3v) is 4.46. The molecule has 0 radical (unpaired) electrons. The van der Waals surface area contributed by atoms with Crippen molar-refractivity contribution in [2.24, 2.45) is 0 Å². The van der Waals surface area contributed by atoms with E-state index in [1.165, 1.54) is 6.42 Å². The summed E-state index contributed by atoms with van der Waals surface area (Å²) < 4.78 is 5.60. The summed E-state index contributed by atoms with van der Waals surface area (Å²) in [5.74, 6) is 0.358. The molecule has 0 spiro atoms. The highest BCUT2D eigenvalue weighted by atomic mass is 16.5. The van der Waals surface area contributed by atoms with E-state index in [9.17, 15) is 5.11 Å². The van der Waals surface area contributed by atoms with Crippen LogP contribution in [-0.2, 0) is 11.3 Å². The number of hydrogen-bond donors (Lipinski definition) is 2. The second-order valence-electron chi connectivity index (χ2n) is 5.63. The molecule has 0 saturated heterocycles. The van der Waals surface area contributed by atoms with Gasteiger partial charge in [-0.15, -0.1) is 0 Å². The predicted octanol–water partition coefficient (Wildman–Crippen LogP) is 3.20. The van der Waals surface area contributed by atoms with Crippen molar-refractivity contribution in [1.29, 1.82) is 0 Å². The van der Waals surface area contributed by atoms with E-state index < -0.39 is 0 Å². The fourth-order valence-corrected chi connectivity index (χ4v) is 2.95. The molecule has 3 heteroatoms. The molecule has 0 bridgehead atoms. The normalized spacial score (nSPS) is 17.1. The van der Waals surface area contributed by atoms with Crippen LogP contribution < -0.4 is 5.32 Å². The minimum absolute atomic E-state index is 0.0141. The monoisotopic (exact) mass is 271 g/mol. The molecule has 1 aliphatic carbocycles. The Morgan fingerprint density at radius 2 is 2.00 bits per heavy atom. The Labute approximate surface area is 119 Å². The van der Waals surface area contributed by atoms with Crippen LogP contribution in [0.5, 0.6) is 5.75 Å². The van der Waals surface area contributed by atoms with Gasteiger partial charge in [0, 0.05) is 25.8 Å². The SMILES string of the molecule is COC1(CNCc2c(O)ccc3ccccc23)CCC1. The van der Waals surface area contributed by atoms with Crippen molar-refractivity contribution in [1.82, 2.24) is 5.32 Å². The maximum absolute atomic E-state index is 10.1. The lowest BCUT2D eigenvalue weighted by molar-refractivity contribution is -0.0695. The van der Waals surface area contributed by atoms with Crippen molar-refractivity contribution in [2.45, 2.75) is 31.4 Å². The van der Waals surface area contributed by atoms with Crippen molar-refractivity contribution in [3.63, 3.8) is 0 Å². The zero-order chi connectivity index (χ0) is 14.0. The smallest absolute Gasteiger partial charge is 0.120 e. The second-order valence-corrected chi connectivity index (χ2v) is 5.63. The molecule has 2 aromatic rings. The number of aromatic hydroxyl groups is 1. The summed E-state index contributed by atoms with van der Waals surface area (Å²) in [6.45, 7) is 1.50. The Bertz CT molecular complexity index is 599. The molecule has 0 aromatic heterocycles. The number of methoxy groups -OCH3 is 1. The Balaban J connectivity index is 1.75. The number of hydrogen-bond acceptors (Lipinski definition) is 3. The van der Waals surface area contributed by atoms with Gasteiger partial charge in [-0.1, -0.05) is 30.3 Å². The van der Waals surface area contributed by atoms with Gasteiger partial charge in [0.2, 0.25) is 0 Å². The minimum atomic E-state index is 0.0141. The Morgan fingerprint density at radius 3 is 2.70 bits per heavy atom. The van der Waals surface area contributed by atoms with Crippen LogP contribution >= 0.6 is 0 Å². The van der Waals surface area contributed by atoms with E-state index in [1.807, 2.05) is 18.2 Å². The van der Waals surface area contributed by atoms with E-state index >= 15 is 0 Å². The summed E-state index contributed by atoms with van der Waals surface area (Å²) in [7, 11) is 1.79. The summed E-state index contributed by atoms with van der Waals surface area (Å²) >= 11 is 0. The van der Waals surface area contributed by atoms with E-state index in [-0.39, 0.29) is 5.60 Å². The van der Waals surface area contributed by atoms with Crippen LogP contribution in [0.4, 0.5) is 0 Å². The standard InChI is InChI=1S/C17H21NO2/c1-20-17(9-4-10-17)12-18-11-15-14-6-3-2-5-13(14)7-8-16(15)19/h2-3,5-8,18-19H,4,9-12H2,1H3. The molecule has 1 aliphatic rings. The van der Waals surface area contributed by atoms with Gasteiger partial charge in [-0.25, -0.2) is 0 Å². The number of phenols is 1. The van der Waals surface area contributed by atoms with Gasteiger partial charge < -0.3 is 15.2 Å². The molecule has 20 heavy (non-hydrogen) atoms. The van der Waals surface area contributed by atoms with E-state index in [2.05, 4.69) is 17.4 Å². The summed E-state index contributed by atoms with van der Waals surface area (Å²) in [5, 5.41) is 15.8. The first-order valence-corrected chi connectivity index (χ1v) is 7.20. The maximum atomic E-state index is 10.1. The lowest BCUT2D eigenvalue weighted by Gasteiger charge is -2.40. The summed E-state index contributed by atoms with van der Waals surface area (Å²) in [4.78, 5) is 0. The fourth-order valence-electron chi connectivity index (χ4n) is 2.95. The van der Waals surface area contributed by atoms with Gasteiger partial charge in [-0.3, -0.25) is 0 Å². The molecular formula is C17H21NO2. The second kappa shape index (κ2) is 5.43. The average molecular weight is 271 g/mol. The fraction of sp³-hybridized carbons (Fsp3) is 0.412. The van der Waals surface area contributed by atoms with Gasteiger partial charge in [0.05, 0.1) is 5.60 Å². The van der Waals surface area contributed by atoms with Crippen LogP contribution in [0.25, 0.3) is 10.8 Å². The van der Waals surface area contributed by atoms with Crippen molar-refractivity contribution in [2.75, 3.05) is 13.7 Å². The van der Waals surface area contributed by atoms with Gasteiger partial charge in [0.1, 0.15) is 5.75 Å². The molecule has 3 rings (SSSR count). The highest BCUT2D eigenvalue weighted by Gasteiger charge is 2.36. The number of ether oxygens (including phenoxy) is 1. The van der Waals surface area contributed by atoms with E-state index in [1.54, 1.807) is 13.2 Å². The zero-order valence-electron chi connectivity index (χ0n) is 11.9. The van der Waals surface area contributed by atoms with E-state index in [4.69, 9.17) is 4.74 Å². The number of benzene rings is 2. The molecule has 0 amide bonds. The molecule has 3 nitrogen and oxygen atoms in total. The molecule has 0 aliphatic heterocycles. The molecule has 106 valence electrons. The first-order chi connectivity index (χ1) is 9.74. The highest BCUT2D eigenvalue weighted by molar-refractivity contribution is 5.87. The van der Waals surface area contributed by atoms with Gasteiger partial charge in [-0.2, -0.15) is 0 Å². The number of phenolic OH excluding ortho intramolecular Hbond substituents is 1. The summed E-state index contributed by atoms with van der Waals surface area (Å²) in [6.07, 6.45) is 3.49. The largest absolute Gasteiger partial charge is 0.508 e. The number of nitrogens with one attached hydrogen (secondary N) is 1. The quantitative estimate of drug-likeness (QED) is 0.877. The lowest BCUT2D eigenvalue weighted by atomic mass is 9.80. The van der Waals surface area contributed by atoms with Gasteiger partial charge in [-0.05, 0) is 36.1 Å². The molecule has 2 aromatic carbocycles. The van der Waals surface area contributed by atoms with Crippen LogP contribution in [0.15, 0.2) is 36.4 Å².